The Balaban J connectivity index is 2.09. The molecular weight excluding hydrogens is 226 g/mol. The van der Waals surface area contributed by atoms with Crippen LogP contribution in [0.1, 0.15) is 18.4 Å². The van der Waals surface area contributed by atoms with E-state index in [9.17, 15) is 13.6 Å². The van der Waals surface area contributed by atoms with E-state index in [1.54, 1.807) is 18.2 Å². The van der Waals surface area contributed by atoms with Crippen molar-refractivity contribution in [2.24, 2.45) is 5.92 Å². The number of benzene rings is 1. The molecule has 92 valence electrons. The summed E-state index contributed by atoms with van der Waals surface area (Å²) < 4.78 is 32.9. The Morgan fingerprint density at radius 3 is 2.65 bits per heavy atom. The van der Waals surface area contributed by atoms with Crippen LogP contribution in [-0.4, -0.2) is 19.0 Å². The standard InChI is InChI=1S/C13H14F2O2/c14-13(15,11-4-2-1-3-5-11)8-10-9-17-7-6-12(10)16/h1-5,10H,6-9H2. The van der Waals surface area contributed by atoms with E-state index in [1.807, 2.05) is 0 Å². The zero-order valence-electron chi connectivity index (χ0n) is 9.36. The van der Waals surface area contributed by atoms with Crippen molar-refractivity contribution in [1.82, 2.24) is 0 Å². The lowest BCUT2D eigenvalue weighted by Crippen LogP contribution is -2.32. The van der Waals surface area contributed by atoms with Crippen LogP contribution in [-0.2, 0) is 15.5 Å². The Labute approximate surface area is 98.6 Å². The van der Waals surface area contributed by atoms with Crippen LogP contribution < -0.4 is 0 Å². The Kier molecular flexibility index (Phi) is 3.52. The molecule has 0 spiro atoms. The number of ether oxygens (including phenoxy) is 1. The van der Waals surface area contributed by atoms with E-state index < -0.39 is 18.3 Å². The molecule has 2 nitrogen and oxygen atoms in total. The molecule has 1 fully saturated rings. The molecule has 1 heterocycles. The van der Waals surface area contributed by atoms with Gasteiger partial charge < -0.3 is 4.74 Å². The first kappa shape index (κ1) is 12.2. The average Bonchev–Trinajstić information content (AvgIpc) is 2.33. The maximum atomic E-state index is 13.9. The van der Waals surface area contributed by atoms with Crippen molar-refractivity contribution in [1.29, 1.82) is 0 Å². The highest BCUT2D eigenvalue weighted by Crippen LogP contribution is 2.35. The molecule has 0 aromatic heterocycles. The quantitative estimate of drug-likeness (QED) is 0.812. The lowest BCUT2D eigenvalue weighted by Gasteiger charge is -2.25. The van der Waals surface area contributed by atoms with E-state index >= 15 is 0 Å². The number of ketones is 1. The minimum Gasteiger partial charge on any atom is -0.380 e. The van der Waals surface area contributed by atoms with E-state index in [2.05, 4.69) is 0 Å². The van der Waals surface area contributed by atoms with E-state index in [0.29, 0.717) is 6.61 Å². The Morgan fingerprint density at radius 2 is 2.00 bits per heavy atom. The van der Waals surface area contributed by atoms with Gasteiger partial charge in [0.1, 0.15) is 5.78 Å². The first-order valence-electron chi connectivity index (χ1n) is 5.63. The van der Waals surface area contributed by atoms with E-state index in [4.69, 9.17) is 4.74 Å². The van der Waals surface area contributed by atoms with Crippen molar-refractivity contribution >= 4 is 5.78 Å². The topological polar surface area (TPSA) is 26.3 Å². The number of rotatable bonds is 3. The fourth-order valence-corrected chi connectivity index (χ4v) is 1.98. The van der Waals surface area contributed by atoms with Gasteiger partial charge in [-0.05, 0) is 0 Å². The number of hydrogen-bond acceptors (Lipinski definition) is 2. The molecule has 4 heteroatoms. The number of Topliss-reactive ketones (excluding diaryl/α,β-unsaturated/α-hetero) is 1. The summed E-state index contributed by atoms with van der Waals surface area (Å²) in [7, 11) is 0. The Hall–Kier alpha value is -1.29. The first-order valence-corrected chi connectivity index (χ1v) is 5.63. The predicted octanol–water partition coefficient (Wildman–Crippen LogP) is 2.77. The summed E-state index contributed by atoms with van der Waals surface area (Å²) in [5, 5.41) is 0. The molecular formula is C13H14F2O2. The van der Waals surface area contributed by atoms with Crippen molar-refractivity contribution in [2.45, 2.75) is 18.8 Å². The van der Waals surface area contributed by atoms with Crippen LogP contribution in [0.3, 0.4) is 0 Å². The normalized spacial score (nSPS) is 21.5. The number of carbonyl (C=O) groups excluding carboxylic acids is 1. The fraction of sp³-hybridized carbons (Fsp3) is 0.462. The highest BCUT2D eigenvalue weighted by Gasteiger charge is 2.38. The highest BCUT2D eigenvalue weighted by atomic mass is 19.3. The third-order valence-corrected chi connectivity index (χ3v) is 2.97. The van der Waals surface area contributed by atoms with E-state index in [0.717, 1.165) is 0 Å². The minimum absolute atomic E-state index is 0.0432. The van der Waals surface area contributed by atoms with E-state index in [-0.39, 0.29) is 24.4 Å². The van der Waals surface area contributed by atoms with Crippen LogP contribution in [0.2, 0.25) is 0 Å². The molecule has 1 saturated heterocycles. The zero-order valence-corrected chi connectivity index (χ0v) is 9.36. The summed E-state index contributed by atoms with van der Waals surface area (Å²) in [6.45, 7) is 0.466. The van der Waals surface area contributed by atoms with Crippen molar-refractivity contribution in [2.75, 3.05) is 13.2 Å². The molecule has 1 aliphatic rings. The second-order valence-electron chi connectivity index (χ2n) is 4.26. The molecule has 0 aliphatic carbocycles. The van der Waals surface area contributed by atoms with Gasteiger partial charge in [0, 0.05) is 24.3 Å². The smallest absolute Gasteiger partial charge is 0.274 e. The molecule has 2 rings (SSSR count). The SMILES string of the molecule is O=C1CCOCC1CC(F)(F)c1ccccc1. The molecule has 1 unspecified atom stereocenters. The monoisotopic (exact) mass is 240 g/mol. The van der Waals surface area contributed by atoms with Crippen molar-refractivity contribution in [3.8, 4) is 0 Å². The van der Waals surface area contributed by atoms with Gasteiger partial charge >= 0.3 is 0 Å². The average molecular weight is 240 g/mol. The van der Waals surface area contributed by atoms with Gasteiger partial charge in [0.25, 0.3) is 5.92 Å². The summed E-state index contributed by atoms with van der Waals surface area (Å²) in [5.74, 6) is -3.77. The van der Waals surface area contributed by atoms with Crippen LogP contribution in [0.4, 0.5) is 8.78 Å². The van der Waals surface area contributed by atoms with Gasteiger partial charge in [0.05, 0.1) is 13.2 Å². The van der Waals surface area contributed by atoms with Crippen LogP contribution in [0.5, 0.6) is 0 Å². The maximum absolute atomic E-state index is 13.9. The van der Waals surface area contributed by atoms with Gasteiger partial charge in [-0.2, -0.15) is 0 Å². The minimum atomic E-state index is -2.97. The van der Waals surface area contributed by atoms with Gasteiger partial charge in [0.2, 0.25) is 0 Å². The largest absolute Gasteiger partial charge is 0.380 e. The lowest BCUT2D eigenvalue weighted by molar-refractivity contribution is -0.136. The van der Waals surface area contributed by atoms with Crippen molar-refractivity contribution in [3.05, 3.63) is 35.9 Å². The second-order valence-corrected chi connectivity index (χ2v) is 4.26. The summed E-state index contributed by atoms with van der Waals surface area (Å²) in [6.07, 6.45) is -0.217. The molecule has 1 aromatic carbocycles. The van der Waals surface area contributed by atoms with Gasteiger partial charge in [-0.3, -0.25) is 4.79 Å². The summed E-state index contributed by atoms with van der Waals surface area (Å²) >= 11 is 0. The van der Waals surface area contributed by atoms with Crippen LogP contribution in [0.25, 0.3) is 0 Å². The second kappa shape index (κ2) is 4.92. The molecule has 1 atom stereocenters. The highest BCUT2D eigenvalue weighted by molar-refractivity contribution is 5.81. The summed E-state index contributed by atoms with van der Waals surface area (Å²) in [5.41, 5.74) is -0.0432. The van der Waals surface area contributed by atoms with Crippen LogP contribution >= 0.6 is 0 Å². The molecule has 17 heavy (non-hydrogen) atoms. The number of halogens is 2. The molecule has 0 N–H and O–H groups in total. The molecule has 0 saturated carbocycles. The van der Waals surface area contributed by atoms with Crippen molar-refractivity contribution in [3.63, 3.8) is 0 Å². The molecule has 0 bridgehead atoms. The first-order chi connectivity index (χ1) is 8.09. The lowest BCUT2D eigenvalue weighted by atomic mass is 9.91. The van der Waals surface area contributed by atoms with Gasteiger partial charge in [-0.15, -0.1) is 0 Å². The zero-order chi connectivity index (χ0) is 12.3. The third kappa shape index (κ3) is 2.88. The molecule has 1 aromatic rings. The summed E-state index contributed by atoms with van der Waals surface area (Å²) in [6, 6.07) is 7.60. The van der Waals surface area contributed by atoms with Crippen LogP contribution in [0, 0.1) is 5.92 Å². The maximum Gasteiger partial charge on any atom is 0.274 e. The third-order valence-electron chi connectivity index (χ3n) is 2.97. The Morgan fingerprint density at radius 1 is 1.29 bits per heavy atom. The number of alkyl halides is 2. The fourth-order valence-electron chi connectivity index (χ4n) is 1.98. The van der Waals surface area contributed by atoms with Crippen molar-refractivity contribution < 1.29 is 18.3 Å². The van der Waals surface area contributed by atoms with E-state index in [1.165, 1.54) is 12.1 Å². The summed E-state index contributed by atoms with van der Waals surface area (Å²) in [4.78, 5) is 11.5. The number of hydrogen-bond donors (Lipinski definition) is 0. The van der Waals surface area contributed by atoms with Gasteiger partial charge in [-0.25, -0.2) is 8.78 Å². The number of carbonyl (C=O) groups is 1. The molecule has 0 amide bonds. The molecule has 1 aliphatic heterocycles. The Bertz CT molecular complexity index is 390. The predicted molar refractivity (Wildman–Crippen MR) is 58.9 cm³/mol. The van der Waals surface area contributed by atoms with Crippen LogP contribution in [0.15, 0.2) is 30.3 Å². The van der Waals surface area contributed by atoms with Gasteiger partial charge in [0.15, 0.2) is 0 Å². The van der Waals surface area contributed by atoms with Gasteiger partial charge in [-0.1, -0.05) is 30.3 Å². The molecule has 0 radical (unpaired) electrons.